The molecule has 0 radical (unpaired) electrons. The molecule has 5 heteroatoms. The number of ketones is 2. The minimum Gasteiger partial charge on any atom is -0.497 e. The number of methoxy groups -OCH3 is 1. The van der Waals surface area contributed by atoms with Gasteiger partial charge in [-0.3, -0.25) is 14.4 Å². The Hall–Kier alpha value is -2.43. The third-order valence-corrected chi connectivity index (χ3v) is 15.0. The lowest BCUT2D eigenvalue weighted by Crippen LogP contribution is -2.66. The van der Waals surface area contributed by atoms with Gasteiger partial charge in [0.1, 0.15) is 17.6 Å². The zero-order chi connectivity index (χ0) is 33.4. The summed E-state index contributed by atoms with van der Waals surface area (Å²) in [5.74, 6) is 2.60. The third-order valence-electron chi connectivity index (χ3n) is 15.0. The van der Waals surface area contributed by atoms with Gasteiger partial charge in [0.05, 0.1) is 12.5 Å². The van der Waals surface area contributed by atoms with Gasteiger partial charge in [-0.2, -0.15) is 0 Å². The molecule has 0 aromatic heterocycles. The molecular weight excluding hydrogens is 572 g/mol. The zero-order valence-corrected chi connectivity index (χ0v) is 30.0. The number of ether oxygens (including phenoxy) is 2. The Morgan fingerprint density at radius 1 is 0.870 bits per heavy atom. The van der Waals surface area contributed by atoms with Gasteiger partial charge in [0, 0.05) is 25.2 Å². The van der Waals surface area contributed by atoms with Gasteiger partial charge in [-0.1, -0.05) is 60.6 Å². The number of hydrogen-bond acceptors (Lipinski definition) is 5. The van der Waals surface area contributed by atoms with Crippen molar-refractivity contribution in [2.45, 2.75) is 132 Å². The Morgan fingerprint density at radius 3 is 2.20 bits per heavy atom. The van der Waals surface area contributed by atoms with E-state index >= 15 is 0 Å². The van der Waals surface area contributed by atoms with Crippen LogP contribution in [0.2, 0.25) is 0 Å². The maximum atomic E-state index is 14.5. The second kappa shape index (κ2) is 11.3. The molecule has 6 rings (SSSR count). The fourth-order valence-corrected chi connectivity index (χ4v) is 12.6. The molecule has 46 heavy (non-hydrogen) atoms. The monoisotopic (exact) mass is 630 g/mol. The van der Waals surface area contributed by atoms with Gasteiger partial charge >= 0.3 is 5.97 Å². The van der Waals surface area contributed by atoms with Crippen molar-refractivity contribution < 1.29 is 23.9 Å². The largest absolute Gasteiger partial charge is 0.497 e. The number of carbonyl (C=O) groups is 3. The van der Waals surface area contributed by atoms with E-state index in [1.807, 2.05) is 12.1 Å². The summed E-state index contributed by atoms with van der Waals surface area (Å²) < 4.78 is 11.3. The molecule has 0 bridgehead atoms. The first-order valence-electron chi connectivity index (χ1n) is 18.2. The highest BCUT2D eigenvalue weighted by Gasteiger charge is 2.70. The van der Waals surface area contributed by atoms with Crippen LogP contribution in [0.15, 0.2) is 35.4 Å². The summed E-state index contributed by atoms with van der Waals surface area (Å²) in [6.07, 6.45) is 9.79. The second-order valence-electron chi connectivity index (χ2n) is 17.5. The van der Waals surface area contributed by atoms with Gasteiger partial charge in [-0.05, 0) is 127 Å². The van der Waals surface area contributed by atoms with E-state index < -0.39 is 5.41 Å². The molecule has 0 amide bonds. The number of benzene rings is 1. The first-order valence-corrected chi connectivity index (χ1v) is 18.2. The van der Waals surface area contributed by atoms with E-state index in [1.54, 1.807) is 14.0 Å². The van der Waals surface area contributed by atoms with E-state index in [1.165, 1.54) is 5.57 Å². The lowest BCUT2D eigenvalue weighted by Gasteiger charge is -2.72. The predicted octanol–water partition coefficient (Wildman–Crippen LogP) is 9.11. The van der Waals surface area contributed by atoms with Gasteiger partial charge in [0.25, 0.3) is 0 Å². The number of esters is 1. The van der Waals surface area contributed by atoms with E-state index in [-0.39, 0.29) is 57.1 Å². The Labute approximate surface area is 277 Å². The predicted molar refractivity (Wildman–Crippen MR) is 181 cm³/mol. The van der Waals surface area contributed by atoms with E-state index in [0.717, 1.165) is 68.3 Å². The summed E-state index contributed by atoms with van der Waals surface area (Å²) in [6, 6.07) is 8.03. The van der Waals surface area contributed by atoms with Crippen LogP contribution in [0.5, 0.6) is 5.75 Å². The SMILES string of the molecule is COc1ccc(CCC(=O)[C@@]23CC[C@]4(C)[C@H](CC[C@@H]5[C@@]6(C)CC[C@H](OC(C)=O)C(C)(C)[C@@H]6CC[C@]54C)C2=C(C(C)C)C(=O)C3)cc1. The lowest BCUT2D eigenvalue weighted by atomic mass is 9.33. The van der Waals surface area contributed by atoms with Crippen LogP contribution < -0.4 is 4.74 Å². The minimum absolute atomic E-state index is 0.0261. The molecule has 0 unspecified atom stereocenters. The Morgan fingerprint density at radius 2 is 1.57 bits per heavy atom. The maximum Gasteiger partial charge on any atom is 0.302 e. The quantitative estimate of drug-likeness (QED) is 0.281. The minimum atomic E-state index is -0.637. The lowest BCUT2D eigenvalue weighted by molar-refractivity contribution is -0.232. The summed E-state index contributed by atoms with van der Waals surface area (Å²) in [7, 11) is 1.67. The third kappa shape index (κ3) is 4.71. The number of fused-ring (bicyclic) bond motifs is 7. The van der Waals surface area contributed by atoms with E-state index in [2.05, 4.69) is 60.6 Å². The molecule has 252 valence electrons. The molecule has 1 aromatic rings. The summed E-state index contributed by atoms with van der Waals surface area (Å²) in [5, 5.41) is 0. The molecule has 8 atom stereocenters. The number of carbonyl (C=O) groups excluding carboxylic acids is 3. The van der Waals surface area contributed by atoms with Gasteiger partial charge < -0.3 is 9.47 Å². The molecule has 0 N–H and O–H groups in total. The number of hydrogen-bond donors (Lipinski definition) is 0. The van der Waals surface area contributed by atoms with Gasteiger partial charge in [-0.25, -0.2) is 0 Å². The van der Waals surface area contributed by atoms with Crippen LogP contribution in [0.25, 0.3) is 0 Å². The highest BCUT2D eigenvalue weighted by Crippen LogP contribution is 2.76. The second-order valence-corrected chi connectivity index (χ2v) is 17.5. The number of rotatable bonds is 7. The molecule has 5 aliphatic rings. The molecule has 0 saturated heterocycles. The molecule has 1 aromatic carbocycles. The van der Waals surface area contributed by atoms with Crippen molar-refractivity contribution in [3.05, 3.63) is 41.0 Å². The van der Waals surface area contributed by atoms with Crippen molar-refractivity contribution >= 4 is 17.5 Å². The van der Waals surface area contributed by atoms with Crippen molar-refractivity contribution in [2.24, 2.45) is 50.7 Å². The molecule has 5 nitrogen and oxygen atoms in total. The van der Waals surface area contributed by atoms with Crippen molar-refractivity contribution in [3.8, 4) is 5.75 Å². The number of allylic oxidation sites excluding steroid dienone is 2. The summed E-state index contributed by atoms with van der Waals surface area (Å²) in [5.41, 5.74) is 2.98. The normalized spacial score (nSPS) is 39.7. The number of Topliss-reactive ketones (excluding diaryl/α,β-unsaturated/α-hetero) is 2. The molecule has 0 spiro atoms. The maximum absolute atomic E-state index is 14.5. The fraction of sp³-hybridized carbons (Fsp3) is 0.732. The Kier molecular flexibility index (Phi) is 8.25. The molecule has 5 aliphatic carbocycles. The fourth-order valence-electron chi connectivity index (χ4n) is 12.6. The molecular formula is C41H58O5. The Balaban J connectivity index is 1.33. The van der Waals surface area contributed by atoms with Crippen LogP contribution in [0.1, 0.15) is 125 Å². The van der Waals surface area contributed by atoms with Crippen LogP contribution in [-0.4, -0.2) is 30.7 Å². The van der Waals surface area contributed by atoms with Crippen LogP contribution >= 0.6 is 0 Å². The molecule has 4 fully saturated rings. The highest BCUT2D eigenvalue weighted by atomic mass is 16.5. The standard InChI is InChI=1S/C41H58O5/c1-25(2)35-30(43)24-41(33(44)17-12-27-10-13-28(45-9)14-11-27)23-22-39(7)29(36(35)41)15-16-32-38(6)20-19-34(46-26(3)42)37(4,5)31(38)18-21-40(32,39)8/h10-11,13-14,25,29,31-32,34H,12,15-24H2,1-9H3/t29-,31+,32-,34+,38+,39-,40-,41+/m1/s1. The zero-order valence-electron chi connectivity index (χ0n) is 30.0. The van der Waals surface area contributed by atoms with Crippen molar-refractivity contribution in [2.75, 3.05) is 7.11 Å². The summed E-state index contributed by atoms with van der Waals surface area (Å²) in [6.45, 7) is 18.2. The van der Waals surface area contributed by atoms with E-state index in [0.29, 0.717) is 31.1 Å². The van der Waals surface area contributed by atoms with Crippen LogP contribution in [0.3, 0.4) is 0 Å². The highest BCUT2D eigenvalue weighted by molar-refractivity contribution is 6.07. The average molecular weight is 631 g/mol. The van der Waals surface area contributed by atoms with E-state index in [4.69, 9.17) is 9.47 Å². The topological polar surface area (TPSA) is 69.7 Å². The van der Waals surface area contributed by atoms with E-state index in [9.17, 15) is 14.4 Å². The van der Waals surface area contributed by atoms with Crippen LogP contribution in [0, 0.1) is 50.7 Å². The summed E-state index contributed by atoms with van der Waals surface area (Å²) >= 11 is 0. The first kappa shape index (κ1) is 33.5. The van der Waals surface area contributed by atoms with Crippen molar-refractivity contribution in [1.29, 1.82) is 0 Å². The summed E-state index contributed by atoms with van der Waals surface area (Å²) in [4.78, 5) is 40.5. The van der Waals surface area contributed by atoms with Crippen molar-refractivity contribution in [3.63, 3.8) is 0 Å². The van der Waals surface area contributed by atoms with Crippen molar-refractivity contribution in [1.82, 2.24) is 0 Å². The Bertz CT molecular complexity index is 1430. The smallest absolute Gasteiger partial charge is 0.302 e. The first-order chi connectivity index (χ1) is 21.5. The molecule has 0 aliphatic heterocycles. The van der Waals surface area contributed by atoms with Crippen LogP contribution in [-0.2, 0) is 25.5 Å². The van der Waals surface area contributed by atoms with Gasteiger partial charge in [0.2, 0.25) is 0 Å². The van der Waals surface area contributed by atoms with Gasteiger partial charge in [-0.15, -0.1) is 0 Å². The van der Waals surface area contributed by atoms with Crippen LogP contribution in [0.4, 0.5) is 0 Å². The van der Waals surface area contributed by atoms with Gasteiger partial charge in [0.15, 0.2) is 5.78 Å². The average Bonchev–Trinajstić information content (AvgIpc) is 3.31. The molecule has 4 saturated carbocycles. The molecule has 0 heterocycles. The number of aryl methyl sites for hydroxylation is 1.